The summed E-state index contributed by atoms with van der Waals surface area (Å²) >= 11 is 0. The number of nitrogens with zero attached hydrogens (tertiary/aromatic N) is 2. The minimum atomic E-state index is 0.0180. The van der Waals surface area contributed by atoms with Gasteiger partial charge >= 0.3 is 0 Å². The molecule has 15 heavy (non-hydrogen) atoms. The number of allylic oxidation sites excluding steroid dienone is 1. The maximum atomic E-state index is 7.11. The lowest BCUT2D eigenvalue weighted by Gasteiger charge is -2.14. The third-order valence-corrected chi connectivity index (χ3v) is 2.22. The predicted molar refractivity (Wildman–Crippen MR) is 62.8 cm³/mol. The molecule has 0 amide bonds. The Morgan fingerprint density at radius 1 is 1.53 bits per heavy atom. The van der Waals surface area contributed by atoms with E-state index < -0.39 is 0 Å². The maximum Gasteiger partial charge on any atom is 0.129 e. The Kier molecular flexibility index (Phi) is 2.98. The van der Waals surface area contributed by atoms with Crippen molar-refractivity contribution in [3.63, 3.8) is 0 Å². The number of hydrogen-bond donors (Lipinski definition) is 2. The second kappa shape index (κ2) is 3.88. The molecular weight excluding hydrogens is 188 g/mol. The molecule has 0 aliphatic heterocycles. The van der Waals surface area contributed by atoms with Gasteiger partial charge in [-0.2, -0.15) is 5.10 Å². The average molecular weight is 206 g/mol. The summed E-state index contributed by atoms with van der Waals surface area (Å²) in [5.41, 5.74) is 7.55. The standard InChI is InChI=1S/C11H18N4/c1-8(7-12)10(13)15-6-5-9(14-15)11(2,3)4/h5-7,12H,13H2,1-4H3/b10-8-,12-7?. The zero-order valence-corrected chi connectivity index (χ0v) is 9.70. The molecule has 0 aromatic carbocycles. The zero-order valence-electron chi connectivity index (χ0n) is 9.70. The molecule has 1 heterocycles. The fraction of sp³-hybridized carbons (Fsp3) is 0.455. The Balaban J connectivity index is 3.10. The lowest BCUT2D eigenvalue weighted by Crippen LogP contribution is -2.15. The van der Waals surface area contributed by atoms with Crippen molar-refractivity contribution in [2.75, 3.05) is 0 Å². The van der Waals surface area contributed by atoms with Crippen LogP contribution in [0.25, 0.3) is 5.82 Å². The molecule has 3 N–H and O–H groups in total. The number of hydrogen-bond acceptors (Lipinski definition) is 3. The van der Waals surface area contributed by atoms with Gasteiger partial charge in [-0.15, -0.1) is 0 Å². The average Bonchev–Trinajstić information content (AvgIpc) is 2.63. The van der Waals surface area contributed by atoms with Crippen molar-refractivity contribution in [3.05, 3.63) is 23.5 Å². The lowest BCUT2D eigenvalue weighted by atomic mass is 9.93. The topological polar surface area (TPSA) is 67.7 Å². The van der Waals surface area contributed by atoms with Gasteiger partial charge in [-0.05, 0) is 13.0 Å². The molecule has 1 rings (SSSR count). The van der Waals surface area contributed by atoms with Crippen LogP contribution in [0, 0.1) is 5.41 Å². The van der Waals surface area contributed by atoms with Crippen molar-refractivity contribution in [2.45, 2.75) is 33.1 Å². The van der Waals surface area contributed by atoms with Gasteiger partial charge in [0.15, 0.2) is 0 Å². The highest BCUT2D eigenvalue weighted by atomic mass is 15.3. The van der Waals surface area contributed by atoms with Crippen molar-refractivity contribution in [2.24, 2.45) is 5.73 Å². The molecule has 0 aliphatic rings. The van der Waals surface area contributed by atoms with Crippen molar-refractivity contribution in [1.82, 2.24) is 9.78 Å². The first kappa shape index (κ1) is 11.5. The van der Waals surface area contributed by atoms with E-state index in [1.165, 1.54) is 6.21 Å². The fourth-order valence-corrected chi connectivity index (χ4v) is 1.11. The monoisotopic (exact) mass is 206 g/mol. The molecule has 0 radical (unpaired) electrons. The van der Waals surface area contributed by atoms with E-state index in [9.17, 15) is 0 Å². The number of nitrogens with one attached hydrogen (secondary N) is 1. The minimum absolute atomic E-state index is 0.0180. The van der Waals surface area contributed by atoms with E-state index >= 15 is 0 Å². The summed E-state index contributed by atoms with van der Waals surface area (Å²) in [6, 6.07) is 1.95. The van der Waals surface area contributed by atoms with Crippen LogP contribution in [0.4, 0.5) is 0 Å². The molecule has 1 aromatic heterocycles. The molecule has 82 valence electrons. The van der Waals surface area contributed by atoms with Crippen molar-refractivity contribution < 1.29 is 0 Å². The van der Waals surface area contributed by atoms with Crippen LogP contribution in [0.5, 0.6) is 0 Å². The van der Waals surface area contributed by atoms with E-state index in [0.717, 1.165) is 5.69 Å². The van der Waals surface area contributed by atoms with Crippen LogP contribution >= 0.6 is 0 Å². The highest BCUT2D eigenvalue weighted by Crippen LogP contribution is 2.20. The molecule has 0 fully saturated rings. The third kappa shape index (κ3) is 2.46. The van der Waals surface area contributed by atoms with Gasteiger partial charge in [0.05, 0.1) is 5.69 Å². The van der Waals surface area contributed by atoms with E-state index in [-0.39, 0.29) is 5.41 Å². The molecular formula is C11H18N4. The molecule has 4 heteroatoms. The lowest BCUT2D eigenvalue weighted by molar-refractivity contribution is 0.560. The van der Waals surface area contributed by atoms with Gasteiger partial charge in [0.2, 0.25) is 0 Å². The number of rotatable bonds is 2. The molecule has 0 unspecified atom stereocenters. The number of aromatic nitrogens is 2. The van der Waals surface area contributed by atoms with Crippen LogP contribution in [0.1, 0.15) is 33.4 Å². The summed E-state index contributed by atoms with van der Waals surface area (Å²) < 4.78 is 1.61. The van der Waals surface area contributed by atoms with Crippen LogP contribution in [-0.2, 0) is 5.41 Å². The summed E-state index contributed by atoms with van der Waals surface area (Å²) in [5, 5.41) is 11.5. The second-order valence-corrected chi connectivity index (χ2v) is 4.61. The predicted octanol–water partition coefficient (Wildman–Crippen LogP) is 1.98. The summed E-state index contributed by atoms with van der Waals surface area (Å²) in [6.07, 6.45) is 3.05. The van der Waals surface area contributed by atoms with E-state index in [2.05, 4.69) is 25.9 Å². The summed E-state index contributed by atoms with van der Waals surface area (Å²) in [4.78, 5) is 0. The van der Waals surface area contributed by atoms with Crippen LogP contribution in [-0.4, -0.2) is 16.0 Å². The third-order valence-electron chi connectivity index (χ3n) is 2.22. The minimum Gasteiger partial charge on any atom is -0.383 e. The van der Waals surface area contributed by atoms with Crippen molar-refractivity contribution in [1.29, 1.82) is 5.41 Å². The highest BCUT2D eigenvalue weighted by Gasteiger charge is 2.17. The first-order chi connectivity index (χ1) is 6.86. The molecule has 0 aliphatic carbocycles. The van der Waals surface area contributed by atoms with Crippen LogP contribution in [0.15, 0.2) is 17.8 Å². The summed E-state index contributed by atoms with van der Waals surface area (Å²) in [6.45, 7) is 8.09. The normalized spacial score (nSPS) is 13.6. The van der Waals surface area contributed by atoms with Gasteiger partial charge in [-0.25, -0.2) is 4.68 Å². The van der Waals surface area contributed by atoms with Gasteiger partial charge < -0.3 is 11.1 Å². The smallest absolute Gasteiger partial charge is 0.129 e. The first-order valence-corrected chi connectivity index (χ1v) is 4.89. The Bertz CT molecular complexity index is 393. The summed E-state index contributed by atoms with van der Waals surface area (Å²) in [5.74, 6) is 0.500. The molecule has 1 aromatic rings. The van der Waals surface area contributed by atoms with E-state index in [1.54, 1.807) is 11.6 Å². The Morgan fingerprint density at radius 3 is 2.53 bits per heavy atom. The van der Waals surface area contributed by atoms with Crippen LogP contribution < -0.4 is 5.73 Å². The van der Waals surface area contributed by atoms with Gasteiger partial charge in [0, 0.05) is 23.4 Å². The van der Waals surface area contributed by atoms with Gasteiger partial charge in [0.25, 0.3) is 0 Å². The largest absolute Gasteiger partial charge is 0.383 e. The SMILES string of the molecule is C/C(C=N)=C(\N)n1ccc(C(C)(C)C)n1. The van der Waals surface area contributed by atoms with E-state index in [0.29, 0.717) is 11.4 Å². The van der Waals surface area contributed by atoms with Gasteiger partial charge in [-0.1, -0.05) is 20.8 Å². The fourth-order valence-electron chi connectivity index (χ4n) is 1.11. The van der Waals surface area contributed by atoms with Gasteiger partial charge in [0.1, 0.15) is 5.82 Å². The zero-order chi connectivity index (χ0) is 11.6. The number of nitrogens with two attached hydrogens (primary N) is 1. The van der Waals surface area contributed by atoms with Crippen LogP contribution in [0.2, 0.25) is 0 Å². The van der Waals surface area contributed by atoms with Gasteiger partial charge in [-0.3, -0.25) is 0 Å². The molecule has 0 atom stereocenters. The molecule has 0 saturated heterocycles. The maximum absolute atomic E-state index is 7.11. The first-order valence-electron chi connectivity index (χ1n) is 4.89. The van der Waals surface area contributed by atoms with Crippen molar-refractivity contribution in [3.8, 4) is 0 Å². The van der Waals surface area contributed by atoms with Crippen molar-refractivity contribution >= 4 is 12.0 Å². The van der Waals surface area contributed by atoms with E-state index in [1.807, 2.05) is 12.3 Å². The molecule has 4 nitrogen and oxygen atoms in total. The summed E-state index contributed by atoms with van der Waals surface area (Å²) in [7, 11) is 0. The molecule has 0 bridgehead atoms. The molecule has 0 saturated carbocycles. The molecule has 0 spiro atoms. The quantitative estimate of drug-likeness (QED) is 0.726. The second-order valence-electron chi connectivity index (χ2n) is 4.61. The Morgan fingerprint density at radius 2 is 2.13 bits per heavy atom. The van der Waals surface area contributed by atoms with E-state index in [4.69, 9.17) is 11.1 Å². The Labute approximate surface area is 90.3 Å². The highest BCUT2D eigenvalue weighted by molar-refractivity contribution is 5.82. The van der Waals surface area contributed by atoms with Crippen LogP contribution in [0.3, 0.4) is 0 Å². The Hall–Kier alpha value is -1.58.